The van der Waals surface area contributed by atoms with Crippen molar-refractivity contribution in [3.05, 3.63) is 34.3 Å². The van der Waals surface area contributed by atoms with Gasteiger partial charge in [0.15, 0.2) is 0 Å². The van der Waals surface area contributed by atoms with Crippen LogP contribution in [0, 0.1) is 0 Å². The summed E-state index contributed by atoms with van der Waals surface area (Å²) in [5.74, 6) is 2.22. The van der Waals surface area contributed by atoms with Crippen molar-refractivity contribution in [1.29, 1.82) is 0 Å². The van der Waals surface area contributed by atoms with Gasteiger partial charge in [0, 0.05) is 35.1 Å². The van der Waals surface area contributed by atoms with Gasteiger partial charge in [0.25, 0.3) is 0 Å². The van der Waals surface area contributed by atoms with Gasteiger partial charge in [0.05, 0.1) is 6.61 Å². The van der Waals surface area contributed by atoms with Gasteiger partial charge in [-0.1, -0.05) is 28.1 Å². The van der Waals surface area contributed by atoms with Crippen LogP contribution in [0.2, 0.25) is 0 Å². The molecule has 0 bridgehead atoms. The Morgan fingerprint density at radius 3 is 2.81 bits per heavy atom. The molecule has 88 valence electrons. The van der Waals surface area contributed by atoms with Gasteiger partial charge in [-0.15, -0.1) is 0 Å². The second-order valence-electron chi connectivity index (χ2n) is 4.01. The Balaban J connectivity index is 1.99. The van der Waals surface area contributed by atoms with E-state index in [2.05, 4.69) is 45.1 Å². The maximum atomic E-state index is 9.32. The number of rotatable bonds is 3. The van der Waals surface area contributed by atoms with Crippen LogP contribution in [0.5, 0.6) is 0 Å². The van der Waals surface area contributed by atoms with Crippen molar-refractivity contribution >= 4 is 27.7 Å². The molecule has 16 heavy (non-hydrogen) atoms. The number of halogens is 1. The average molecular weight is 302 g/mol. The lowest BCUT2D eigenvalue weighted by Gasteiger charge is -2.34. The number of thioether (sulfide) groups is 1. The standard InChI is InChI=1S/C12H16BrNOS/c13-11-3-1-10(2-4-11)7-14-5-6-16-9-12(14)8-15/h1-4,12,15H,5-9H2. The highest BCUT2D eigenvalue weighted by molar-refractivity contribution is 9.10. The highest BCUT2D eigenvalue weighted by atomic mass is 79.9. The van der Waals surface area contributed by atoms with Crippen molar-refractivity contribution in [2.75, 3.05) is 24.7 Å². The van der Waals surface area contributed by atoms with Crippen LogP contribution in [0.3, 0.4) is 0 Å². The van der Waals surface area contributed by atoms with Crippen LogP contribution in [0.25, 0.3) is 0 Å². The van der Waals surface area contributed by atoms with E-state index in [1.807, 2.05) is 11.8 Å². The van der Waals surface area contributed by atoms with Gasteiger partial charge in [-0.05, 0) is 17.7 Å². The van der Waals surface area contributed by atoms with E-state index in [-0.39, 0.29) is 6.61 Å². The molecule has 0 amide bonds. The maximum absolute atomic E-state index is 9.32. The van der Waals surface area contributed by atoms with E-state index in [9.17, 15) is 5.11 Å². The first-order valence-electron chi connectivity index (χ1n) is 5.46. The summed E-state index contributed by atoms with van der Waals surface area (Å²) in [4.78, 5) is 2.37. The molecule has 1 atom stereocenters. The molecule has 0 aromatic heterocycles. The summed E-state index contributed by atoms with van der Waals surface area (Å²) in [6.45, 7) is 2.29. The summed E-state index contributed by atoms with van der Waals surface area (Å²) in [5.41, 5.74) is 1.31. The molecular weight excluding hydrogens is 286 g/mol. The maximum Gasteiger partial charge on any atom is 0.0595 e. The van der Waals surface area contributed by atoms with E-state index in [1.165, 1.54) is 11.3 Å². The molecular formula is C12H16BrNOS. The molecule has 0 radical (unpaired) electrons. The number of hydrogen-bond acceptors (Lipinski definition) is 3. The smallest absolute Gasteiger partial charge is 0.0595 e. The molecule has 1 aromatic rings. The number of nitrogens with zero attached hydrogens (tertiary/aromatic N) is 1. The normalized spacial score (nSPS) is 22.2. The molecule has 4 heteroatoms. The van der Waals surface area contributed by atoms with E-state index >= 15 is 0 Å². The third-order valence-corrected chi connectivity index (χ3v) is 4.48. The van der Waals surface area contributed by atoms with Crippen molar-refractivity contribution in [1.82, 2.24) is 4.90 Å². The molecule has 1 aliphatic rings. The molecule has 1 aromatic carbocycles. The molecule has 1 aliphatic heterocycles. The predicted octanol–water partition coefficient (Wildman–Crippen LogP) is 2.36. The van der Waals surface area contributed by atoms with E-state index in [0.29, 0.717) is 6.04 Å². The molecule has 2 nitrogen and oxygen atoms in total. The molecule has 0 aliphatic carbocycles. The first-order valence-corrected chi connectivity index (χ1v) is 7.41. The molecule has 0 saturated carbocycles. The van der Waals surface area contributed by atoms with Gasteiger partial charge in [-0.3, -0.25) is 4.90 Å². The number of aliphatic hydroxyl groups is 1. The average Bonchev–Trinajstić information content (AvgIpc) is 2.33. The Bertz CT molecular complexity index is 330. The van der Waals surface area contributed by atoms with E-state index in [0.717, 1.165) is 23.3 Å². The van der Waals surface area contributed by atoms with Crippen LogP contribution in [-0.4, -0.2) is 40.7 Å². The fraction of sp³-hybridized carbons (Fsp3) is 0.500. The SMILES string of the molecule is OCC1CSCCN1Cc1ccc(Br)cc1. The summed E-state index contributed by atoms with van der Waals surface area (Å²) < 4.78 is 1.11. The van der Waals surface area contributed by atoms with Gasteiger partial charge < -0.3 is 5.11 Å². The molecule has 1 heterocycles. The van der Waals surface area contributed by atoms with Gasteiger partial charge in [-0.2, -0.15) is 11.8 Å². The van der Waals surface area contributed by atoms with Crippen molar-refractivity contribution in [2.45, 2.75) is 12.6 Å². The largest absolute Gasteiger partial charge is 0.395 e. The van der Waals surface area contributed by atoms with Crippen molar-refractivity contribution in [2.24, 2.45) is 0 Å². The molecule has 1 saturated heterocycles. The van der Waals surface area contributed by atoms with Gasteiger partial charge in [0.1, 0.15) is 0 Å². The minimum Gasteiger partial charge on any atom is -0.395 e. The summed E-state index contributed by atoms with van der Waals surface area (Å²) in [6, 6.07) is 8.74. The lowest BCUT2D eigenvalue weighted by molar-refractivity contribution is 0.133. The van der Waals surface area contributed by atoms with Crippen LogP contribution < -0.4 is 0 Å². The Morgan fingerprint density at radius 2 is 2.12 bits per heavy atom. The minimum atomic E-state index is 0.267. The Kier molecular flexibility index (Phi) is 4.70. The fourth-order valence-corrected chi connectivity index (χ4v) is 3.27. The second kappa shape index (κ2) is 6.05. The number of hydrogen-bond donors (Lipinski definition) is 1. The lowest BCUT2D eigenvalue weighted by Crippen LogP contribution is -2.43. The summed E-state index contributed by atoms with van der Waals surface area (Å²) >= 11 is 5.37. The van der Waals surface area contributed by atoms with E-state index < -0.39 is 0 Å². The third kappa shape index (κ3) is 3.23. The van der Waals surface area contributed by atoms with Crippen LogP contribution in [0.15, 0.2) is 28.7 Å². The quantitative estimate of drug-likeness (QED) is 0.927. The zero-order chi connectivity index (χ0) is 11.4. The van der Waals surface area contributed by atoms with Crippen LogP contribution >= 0.6 is 27.7 Å². The minimum absolute atomic E-state index is 0.267. The second-order valence-corrected chi connectivity index (χ2v) is 6.07. The van der Waals surface area contributed by atoms with Crippen LogP contribution in [0.1, 0.15) is 5.56 Å². The van der Waals surface area contributed by atoms with E-state index in [1.54, 1.807) is 0 Å². The third-order valence-electron chi connectivity index (χ3n) is 2.86. The highest BCUT2D eigenvalue weighted by Gasteiger charge is 2.21. The first kappa shape index (κ1) is 12.4. The lowest BCUT2D eigenvalue weighted by atomic mass is 10.2. The summed E-state index contributed by atoms with van der Waals surface area (Å²) in [7, 11) is 0. The number of benzene rings is 1. The van der Waals surface area contributed by atoms with Crippen LogP contribution in [-0.2, 0) is 6.54 Å². The highest BCUT2D eigenvalue weighted by Crippen LogP contribution is 2.19. The topological polar surface area (TPSA) is 23.5 Å². The zero-order valence-electron chi connectivity index (χ0n) is 9.10. The van der Waals surface area contributed by atoms with Gasteiger partial charge >= 0.3 is 0 Å². The van der Waals surface area contributed by atoms with Crippen molar-refractivity contribution in [3.8, 4) is 0 Å². The molecule has 1 N–H and O–H groups in total. The van der Waals surface area contributed by atoms with Gasteiger partial charge in [-0.25, -0.2) is 0 Å². The Hall–Kier alpha value is -0.0300. The van der Waals surface area contributed by atoms with Crippen molar-refractivity contribution in [3.63, 3.8) is 0 Å². The fourth-order valence-electron chi connectivity index (χ4n) is 1.89. The molecule has 1 unspecified atom stereocenters. The summed E-state index contributed by atoms with van der Waals surface area (Å²) in [5, 5.41) is 9.32. The predicted molar refractivity (Wildman–Crippen MR) is 72.8 cm³/mol. The van der Waals surface area contributed by atoms with Crippen molar-refractivity contribution < 1.29 is 5.11 Å². The molecule has 2 rings (SSSR count). The Morgan fingerprint density at radius 1 is 1.38 bits per heavy atom. The molecule has 1 fully saturated rings. The van der Waals surface area contributed by atoms with Crippen LogP contribution in [0.4, 0.5) is 0 Å². The zero-order valence-corrected chi connectivity index (χ0v) is 11.5. The Labute approximate surface area is 109 Å². The van der Waals surface area contributed by atoms with Gasteiger partial charge in [0.2, 0.25) is 0 Å². The monoisotopic (exact) mass is 301 g/mol. The summed E-state index contributed by atoms with van der Waals surface area (Å²) in [6.07, 6.45) is 0. The first-order chi connectivity index (χ1) is 7.79. The number of aliphatic hydroxyl groups excluding tert-OH is 1. The van der Waals surface area contributed by atoms with E-state index in [4.69, 9.17) is 0 Å². The molecule has 0 spiro atoms.